The highest BCUT2D eigenvalue weighted by atomic mass is 16.3. The average Bonchev–Trinajstić information content (AvgIpc) is 3.23. The fourth-order valence-electron chi connectivity index (χ4n) is 6.82. The second-order valence-corrected chi connectivity index (χ2v) is 13.1. The first-order chi connectivity index (χ1) is 20.4. The molecule has 0 saturated carbocycles. The third kappa shape index (κ3) is 5.68. The molecule has 0 bridgehead atoms. The fourth-order valence-corrected chi connectivity index (χ4v) is 6.82. The predicted octanol–water partition coefficient (Wildman–Crippen LogP) is 5.71. The molecular weight excluding hydrogens is 532 g/mol. The maximum Gasteiger partial charge on any atom is 0.124 e. The zero-order valence-electron chi connectivity index (χ0n) is 26.9. The van der Waals surface area contributed by atoms with Crippen molar-refractivity contribution in [3.05, 3.63) is 117 Å². The second kappa shape index (κ2) is 12.1. The molecule has 0 heterocycles. The molecule has 0 saturated heterocycles. The van der Waals surface area contributed by atoms with Gasteiger partial charge in [-0.1, -0.05) is 48.5 Å². The van der Waals surface area contributed by atoms with Crippen LogP contribution in [0.2, 0.25) is 0 Å². The summed E-state index contributed by atoms with van der Waals surface area (Å²) in [5.74, 6) is 0.710. The van der Waals surface area contributed by atoms with Crippen molar-refractivity contribution in [2.45, 2.75) is 31.6 Å². The van der Waals surface area contributed by atoms with Gasteiger partial charge in [-0.25, -0.2) is 0 Å². The molecule has 4 aromatic rings. The maximum absolute atomic E-state index is 11.5. The first kappa shape index (κ1) is 30.8. The topological polar surface area (TPSA) is 53.4 Å². The molecular formula is C37H46N4O2. The van der Waals surface area contributed by atoms with Gasteiger partial charge in [0.2, 0.25) is 0 Å². The Balaban J connectivity index is 1.95. The monoisotopic (exact) mass is 578 g/mol. The summed E-state index contributed by atoms with van der Waals surface area (Å²) < 4.78 is 0. The largest absolute Gasteiger partial charge is 0.507 e. The molecule has 5 rings (SSSR count). The van der Waals surface area contributed by atoms with Gasteiger partial charge >= 0.3 is 0 Å². The SMILES string of the molecule is CN(C)Cc1cc(C2(c3cc(CN(C)C)c(O)c(CN(C)C)c3)c3ccccc3-c3ccccc32)cc(CN(C)C)c1O. The maximum atomic E-state index is 11.5. The summed E-state index contributed by atoms with van der Waals surface area (Å²) in [4.78, 5) is 8.41. The van der Waals surface area contributed by atoms with Crippen molar-refractivity contribution in [2.24, 2.45) is 0 Å². The van der Waals surface area contributed by atoms with Gasteiger partial charge in [-0.15, -0.1) is 0 Å². The van der Waals surface area contributed by atoms with Gasteiger partial charge in [-0.05, 0) is 114 Å². The van der Waals surface area contributed by atoms with Crippen molar-refractivity contribution in [3.63, 3.8) is 0 Å². The molecule has 4 aromatic carbocycles. The van der Waals surface area contributed by atoms with Crippen LogP contribution < -0.4 is 0 Å². The summed E-state index contributed by atoms with van der Waals surface area (Å²) in [7, 11) is 16.3. The molecule has 6 heteroatoms. The lowest BCUT2D eigenvalue weighted by atomic mass is 9.66. The van der Waals surface area contributed by atoms with Crippen LogP contribution in [0.5, 0.6) is 11.5 Å². The van der Waals surface area contributed by atoms with Crippen LogP contribution in [0, 0.1) is 0 Å². The van der Waals surface area contributed by atoms with Crippen molar-refractivity contribution in [3.8, 4) is 22.6 Å². The van der Waals surface area contributed by atoms with Gasteiger partial charge < -0.3 is 29.8 Å². The predicted molar refractivity (Wildman–Crippen MR) is 177 cm³/mol. The van der Waals surface area contributed by atoms with Gasteiger partial charge in [0.15, 0.2) is 0 Å². The van der Waals surface area contributed by atoms with E-state index in [1.54, 1.807) is 0 Å². The summed E-state index contributed by atoms with van der Waals surface area (Å²) in [5, 5.41) is 23.0. The number of hydrogen-bond acceptors (Lipinski definition) is 6. The highest BCUT2D eigenvalue weighted by Gasteiger charge is 2.47. The Bertz CT molecular complexity index is 1440. The lowest BCUT2D eigenvalue weighted by Crippen LogP contribution is -2.30. The van der Waals surface area contributed by atoms with Gasteiger partial charge in [-0.2, -0.15) is 0 Å². The lowest BCUT2D eigenvalue weighted by Gasteiger charge is -2.36. The molecule has 0 spiro atoms. The Kier molecular flexibility index (Phi) is 8.68. The summed E-state index contributed by atoms with van der Waals surface area (Å²) in [6.45, 7) is 2.47. The van der Waals surface area contributed by atoms with E-state index in [0.717, 1.165) is 33.4 Å². The fraction of sp³-hybridized carbons (Fsp3) is 0.351. The van der Waals surface area contributed by atoms with Crippen LogP contribution in [-0.2, 0) is 31.6 Å². The number of fused-ring (bicyclic) bond motifs is 3. The number of benzene rings is 4. The van der Waals surface area contributed by atoms with Crippen molar-refractivity contribution in [2.75, 3.05) is 56.4 Å². The Labute approximate surface area is 257 Å². The number of phenols is 2. The zero-order chi connectivity index (χ0) is 31.1. The Morgan fingerprint density at radius 3 is 1.02 bits per heavy atom. The molecule has 0 aliphatic heterocycles. The third-order valence-corrected chi connectivity index (χ3v) is 8.30. The number of hydrogen-bond donors (Lipinski definition) is 2. The summed E-state index contributed by atoms with van der Waals surface area (Å²) in [6, 6.07) is 26.3. The standard InChI is InChI=1S/C37H46N4O2/c1-38(2)21-25-17-29(18-26(35(25)42)22-39(3)4)37(33-15-11-9-13-31(33)32-14-10-12-16-34(32)37)30-19-27(23-40(5)6)36(43)28(20-30)24-41(7)8/h9-20,42-43H,21-24H2,1-8H3. The number of phenolic OH excluding ortho intramolecular Hbond substituents is 2. The minimum Gasteiger partial charge on any atom is -0.507 e. The Hall–Kier alpha value is -3.68. The summed E-state index contributed by atoms with van der Waals surface area (Å²) in [6.07, 6.45) is 0. The van der Waals surface area contributed by atoms with E-state index in [-0.39, 0.29) is 0 Å². The van der Waals surface area contributed by atoms with E-state index in [9.17, 15) is 10.2 Å². The minimum absolute atomic E-state index is 0.355. The minimum atomic E-state index is -0.654. The molecule has 2 N–H and O–H groups in total. The van der Waals surface area contributed by atoms with Gasteiger partial charge in [0.1, 0.15) is 11.5 Å². The molecule has 0 aromatic heterocycles. The van der Waals surface area contributed by atoms with E-state index in [1.807, 2.05) is 56.4 Å². The molecule has 6 nitrogen and oxygen atoms in total. The summed E-state index contributed by atoms with van der Waals surface area (Å²) >= 11 is 0. The lowest BCUT2D eigenvalue weighted by molar-refractivity contribution is 0.367. The number of aromatic hydroxyl groups is 2. The van der Waals surface area contributed by atoms with Crippen molar-refractivity contribution in [1.82, 2.24) is 19.6 Å². The first-order valence-corrected chi connectivity index (χ1v) is 14.9. The second-order valence-electron chi connectivity index (χ2n) is 13.1. The first-order valence-electron chi connectivity index (χ1n) is 14.9. The smallest absolute Gasteiger partial charge is 0.124 e. The van der Waals surface area contributed by atoms with Crippen LogP contribution in [0.15, 0.2) is 72.8 Å². The molecule has 0 unspecified atom stereocenters. The molecule has 0 fully saturated rings. The molecule has 226 valence electrons. The Morgan fingerprint density at radius 1 is 0.465 bits per heavy atom. The van der Waals surface area contributed by atoms with Gasteiger partial charge in [-0.3, -0.25) is 0 Å². The Morgan fingerprint density at radius 2 is 0.744 bits per heavy atom. The van der Waals surface area contributed by atoms with Crippen LogP contribution in [0.25, 0.3) is 11.1 Å². The van der Waals surface area contributed by atoms with Gasteiger partial charge in [0.05, 0.1) is 5.41 Å². The summed E-state index contributed by atoms with van der Waals surface area (Å²) in [5.41, 5.74) is 10.1. The van der Waals surface area contributed by atoms with E-state index in [4.69, 9.17) is 0 Å². The van der Waals surface area contributed by atoms with Crippen LogP contribution >= 0.6 is 0 Å². The van der Waals surface area contributed by atoms with Gasteiger partial charge in [0.25, 0.3) is 0 Å². The zero-order valence-corrected chi connectivity index (χ0v) is 26.9. The molecule has 1 aliphatic rings. The van der Waals surface area contributed by atoms with E-state index < -0.39 is 5.41 Å². The highest BCUT2D eigenvalue weighted by molar-refractivity contribution is 5.86. The molecule has 0 amide bonds. The van der Waals surface area contributed by atoms with Crippen LogP contribution in [0.1, 0.15) is 44.5 Å². The van der Waals surface area contributed by atoms with E-state index in [0.29, 0.717) is 37.7 Å². The molecule has 43 heavy (non-hydrogen) atoms. The van der Waals surface area contributed by atoms with Crippen LogP contribution in [0.4, 0.5) is 0 Å². The van der Waals surface area contributed by atoms with Crippen molar-refractivity contribution < 1.29 is 10.2 Å². The van der Waals surface area contributed by atoms with E-state index in [2.05, 4.69) is 92.4 Å². The normalized spacial score (nSPS) is 13.8. The van der Waals surface area contributed by atoms with Crippen molar-refractivity contribution >= 4 is 0 Å². The molecule has 0 atom stereocenters. The number of rotatable bonds is 10. The van der Waals surface area contributed by atoms with Crippen LogP contribution in [0.3, 0.4) is 0 Å². The highest BCUT2D eigenvalue weighted by Crippen LogP contribution is 2.57. The quantitative estimate of drug-likeness (QED) is 0.222. The number of nitrogens with zero attached hydrogens (tertiary/aromatic N) is 4. The molecule has 1 aliphatic carbocycles. The van der Waals surface area contributed by atoms with Gasteiger partial charge in [0, 0.05) is 48.4 Å². The van der Waals surface area contributed by atoms with Crippen molar-refractivity contribution in [1.29, 1.82) is 0 Å². The van der Waals surface area contributed by atoms with E-state index >= 15 is 0 Å². The van der Waals surface area contributed by atoms with Crippen LogP contribution in [-0.4, -0.2) is 86.2 Å². The third-order valence-electron chi connectivity index (χ3n) is 8.30. The molecule has 0 radical (unpaired) electrons. The van der Waals surface area contributed by atoms with E-state index in [1.165, 1.54) is 22.3 Å². The average molecular weight is 579 g/mol.